The Labute approximate surface area is 264 Å². The number of hydrogen-bond donors (Lipinski definition) is 0. The molecule has 5 heteroatoms. The number of amides is 1. The molecule has 1 amide bonds. The second-order valence-electron chi connectivity index (χ2n) is 10.2. The second kappa shape index (κ2) is 20.2. The Hall–Kier alpha value is -4.77. The van der Waals surface area contributed by atoms with E-state index in [1.165, 1.54) is 38.5 Å². The first-order chi connectivity index (χ1) is 21.4. The summed E-state index contributed by atoms with van der Waals surface area (Å²) in [7, 11) is 3.96. The van der Waals surface area contributed by atoms with E-state index < -0.39 is 0 Å². The van der Waals surface area contributed by atoms with Gasteiger partial charge in [0.15, 0.2) is 0 Å². The molecule has 7 rings (SSSR count). The molecule has 4 heterocycles. The predicted molar refractivity (Wildman–Crippen MR) is 188 cm³/mol. The lowest BCUT2D eigenvalue weighted by atomic mass is 10.2. The van der Waals surface area contributed by atoms with Crippen LogP contribution >= 0.6 is 0 Å². The van der Waals surface area contributed by atoms with E-state index in [1.54, 1.807) is 23.5 Å². The van der Waals surface area contributed by atoms with Crippen LogP contribution in [-0.4, -0.2) is 38.9 Å². The molecule has 1 fully saturated rings. The molecule has 0 atom stereocenters. The van der Waals surface area contributed by atoms with Crippen molar-refractivity contribution in [2.24, 2.45) is 7.05 Å². The number of pyridine rings is 2. The third-order valence-electron chi connectivity index (χ3n) is 6.73. The topological polar surface area (TPSA) is 51.0 Å². The number of fused-ring (bicyclic) bond motifs is 3. The van der Waals surface area contributed by atoms with Crippen molar-refractivity contribution < 1.29 is 4.79 Å². The van der Waals surface area contributed by atoms with Gasteiger partial charge in [0.25, 0.3) is 0 Å². The Morgan fingerprint density at radius 2 is 1.07 bits per heavy atom. The smallest absolute Gasteiger partial charge is 0.222 e. The molecule has 6 aromatic rings. The van der Waals surface area contributed by atoms with Crippen molar-refractivity contribution >= 4 is 27.7 Å². The quantitative estimate of drug-likeness (QED) is 0.178. The summed E-state index contributed by atoms with van der Waals surface area (Å²) >= 11 is 0. The van der Waals surface area contributed by atoms with Crippen molar-refractivity contribution in [3.05, 3.63) is 145 Å². The minimum absolute atomic E-state index is 0.292. The lowest BCUT2D eigenvalue weighted by molar-refractivity contribution is -0.126. The first kappa shape index (κ1) is 35.4. The average molecular weight is 589 g/mol. The number of carbonyl (C=O) groups is 1. The van der Waals surface area contributed by atoms with E-state index in [9.17, 15) is 4.79 Å². The van der Waals surface area contributed by atoms with Gasteiger partial charge in [0.05, 0.1) is 0 Å². The van der Waals surface area contributed by atoms with Gasteiger partial charge in [0.1, 0.15) is 0 Å². The Balaban J connectivity index is 0.000000197. The molecule has 0 radical (unpaired) electrons. The van der Waals surface area contributed by atoms with Crippen LogP contribution in [0.3, 0.4) is 0 Å². The summed E-state index contributed by atoms with van der Waals surface area (Å²) in [6, 6.07) is 35.2. The van der Waals surface area contributed by atoms with Crippen LogP contribution in [0.2, 0.25) is 0 Å². The summed E-state index contributed by atoms with van der Waals surface area (Å²) in [5, 5.41) is 2.68. The maximum Gasteiger partial charge on any atom is 0.222 e. The summed E-state index contributed by atoms with van der Waals surface area (Å²) in [6.07, 6.45) is 8.99. The number of para-hydroxylation sites is 2. The number of hydrogen-bond acceptors (Lipinski definition) is 3. The Kier molecular flexibility index (Phi) is 16.3. The normalized spacial score (nSPS) is 11.2. The molecule has 3 aromatic carbocycles. The van der Waals surface area contributed by atoms with Gasteiger partial charge in [0, 0.05) is 73.7 Å². The van der Waals surface area contributed by atoms with E-state index in [1.807, 2.05) is 83.4 Å². The lowest BCUT2D eigenvalue weighted by Crippen LogP contribution is -2.17. The molecule has 0 N–H and O–H groups in total. The molecule has 1 saturated heterocycles. The molecule has 0 unspecified atom stereocenters. The van der Waals surface area contributed by atoms with Crippen LogP contribution < -0.4 is 0 Å². The maximum absolute atomic E-state index is 10.5. The van der Waals surface area contributed by atoms with Crippen LogP contribution in [0.1, 0.15) is 43.4 Å². The van der Waals surface area contributed by atoms with Crippen molar-refractivity contribution in [3.63, 3.8) is 0 Å². The van der Waals surface area contributed by atoms with E-state index >= 15 is 0 Å². The van der Waals surface area contributed by atoms with Crippen molar-refractivity contribution in [1.82, 2.24) is 19.4 Å². The predicted octanol–water partition coefficient (Wildman–Crippen LogP) is 9.37. The number of carbonyl (C=O) groups excluding carboxylic acids is 1. The van der Waals surface area contributed by atoms with E-state index in [2.05, 4.69) is 89.2 Å². The summed E-state index contributed by atoms with van der Waals surface area (Å²) in [4.78, 5) is 20.0. The molecule has 44 heavy (non-hydrogen) atoms. The van der Waals surface area contributed by atoms with Gasteiger partial charge in [-0.15, -0.1) is 0 Å². The molecule has 0 aliphatic carbocycles. The molecule has 5 nitrogen and oxygen atoms in total. The van der Waals surface area contributed by atoms with E-state index in [0.29, 0.717) is 5.91 Å². The standard InChI is InChI=1S/C13H11N.C7H8.2C6H7N.C5H9NO.C2H6/c1-14-12-8-4-2-6-10(12)11-7-3-5-9-13(11)14;1-7-5-3-2-4-6-7;1-6-2-4-7-5-3-6;1-6-3-2-4-7-5-6;1-6-4-2-3-5(6)7;1-2/h2-9H,1H3;2-6H,1H3;2*2-5H,1H3;2-4H2,1H3;1-2H3. The van der Waals surface area contributed by atoms with Crippen LogP contribution in [0.4, 0.5) is 0 Å². The van der Waals surface area contributed by atoms with Gasteiger partial charge >= 0.3 is 0 Å². The summed E-state index contributed by atoms with van der Waals surface area (Å²) in [5.41, 5.74) is 6.39. The first-order valence-electron chi connectivity index (χ1n) is 15.3. The largest absolute Gasteiger partial charge is 0.346 e. The van der Waals surface area contributed by atoms with Crippen LogP contribution in [0, 0.1) is 20.8 Å². The highest BCUT2D eigenvalue weighted by Crippen LogP contribution is 2.27. The zero-order chi connectivity index (χ0) is 32.2. The molecule has 0 bridgehead atoms. The molecule has 230 valence electrons. The van der Waals surface area contributed by atoms with Crippen LogP contribution in [0.15, 0.2) is 128 Å². The number of rotatable bonds is 0. The highest BCUT2D eigenvalue weighted by atomic mass is 16.2. The van der Waals surface area contributed by atoms with Crippen LogP contribution in [0.5, 0.6) is 0 Å². The van der Waals surface area contributed by atoms with Gasteiger partial charge in [-0.05, 0) is 68.7 Å². The molecule has 3 aromatic heterocycles. The first-order valence-corrected chi connectivity index (χ1v) is 15.3. The monoisotopic (exact) mass is 588 g/mol. The van der Waals surface area contributed by atoms with Gasteiger partial charge in [-0.2, -0.15) is 0 Å². The fraction of sp³-hybridized carbons (Fsp3) is 0.256. The van der Waals surface area contributed by atoms with E-state index in [-0.39, 0.29) is 0 Å². The molecule has 1 aliphatic rings. The third-order valence-corrected chi connectivity index (χ3v) is 6.73. The Morgan fingerprint density at radius 3 is 1.39 bits per heavy atom. The highest BCUT2D eigenvalue weighted by Gasteiger charge is 2.14. The summed E-state index contributed by atoms with van der Waals surface area (Å²) in [6.45, 7) is 11.1. The van der Waals surface area contributed by atoms with Crippen molar-refractivity contribution in [2.75, 3.05) is 13.6 Å². The molecular weight excluding hydrogens is 540 g/mol. The Morgan fingerprint density at radius 1 is 0.568 bits per heavy atom. The van der Waals surface area contributed by atoms with Crippen molar-refractivity contribution in [2.45, 2.75) is 47.5 Å². The van der Waals surface area contributed by atoms with Crippen molar-refractivity contribution in [3.8, 4) is 0 Å². The minimum Gasteiger partial charge on any atom is -0.346 e. The maximum atomic E-state index is 10.5. The molecular formula is C39H48N4O. The van der Waals surface area contributed by atoms with E-state index in [0.717, 1.165) is 19.4 Å². The number of aromatic nitrogens is 3. The van der Waals surface area contributed by atoms with Crippen LogP contribution in [-0.2, 0) is 11.8 Å². The van der Waals surface area contributed by atoms with Gasteiger partial charge in [0.2, 0.25) is 5.91 Å². The van der Waals surface area contributed by atoms with Crippen LogP contribution in [0.25, 0.3) is 21.8 Å². The number of aryl methyl sites for hydroxylation is 4. The summed E-state index contributed by atoms with van der Waals surface area (Å²) < 4.78 is 2.24. The lowest BCUT2D eigenvalue weighted by Gasteiger charge is -2.03. The minimum atomic E-state index is 0.292. The highest BCUT2D eigenvalue weighted by molar-refractivity contribution is 6.07. The average Bonchev–Trinajstić information content (AvgIpc) is 3.59. The zero-order valence-electron chi connectivity index (χ0n) is 27.4. The number of nitrogens with zero attached hydrogens (tertiary/aromatic N) is 4. The number of likely N-dealkylation sites (tertiary alicyclic amines) is 1. The summed E-state index contributed by atoms with van der Waals surface area (Å²) in [5.74, 6) is 0.292. The zero-order valence-corrected chi connectivity index (χ0v) is 27.4. The number of benzene rings is 3. The van der Waals surface area contributed by atoms with Gasteiger partial charge < -0.3 is 9.47 Å². The fourth-order valence-corrected chi connectivity index (χ4v) is 4.31. The third kappa shape index (κ3) is 12.2. The molecule has 0 spiro atoms. The fourth-order valence-electron chi connectivity index (χ4n) is 4.31. The molecule has 0 saturated carbocycles. The second-order valence-corrected chi connectivity index (χ2v) is 10.2. The van der Waals surface area contributed by atoms with E-state index in [4.69, 9.17) is 0 Å². The van der Waals surface area contributed by atoms with Gasteiger partial charge in [-0.1, -0.05) is 92.2 Å². The van der Waals surface area contributed by atoms with Gasteiger partial charge in [-0.25, -0.2) is 0 Å². The SMILES string of the molecule is CC.CN1CCCC1=O.Cc1ccccc1.Cc1cccnc1.Cc1ccncc1.Cn1c2ccccc2c2ccccc21. The molecule has 1 aliphatic heterocycles. The Bertz CT molecular complexity index is 1470. The van der Waals surface area contributed by atoms with Gasteiger partial charge in [-0.3, -0.25) is 14.8 Å². The van der Waals surface area contributed by atoms with Crippen molar-refractivity contribution in [1.29, 1.82) is 0 Å².